The van der Waals surface area contributed by atoms with E-state index >= 15 is 0 Å². The Kier molecular flexibility index (Phi) is 2.76. The molecule has 1 rings (SSSR count). The summed E-state index contributed by atoms with van der Waals surface area (Å²) >= 11 is 0. The van der Waals surface area contributed by atoms with Crippen molar-refractivity contribution in [3.05, 3.63) is 36.3 Å². The summed E-state index contributed by atoms with van der Waals surface area (Å²) < 4.78 is 0. The zero-order valence-corrected chi connectivity index (χ0v) is 7.46. The Morgan fingerprint density at radius 1 is 1.25 bits per heavy atom. The van der Waals surface area contributed by atoms with Gasteiger partial charge in [0.05, 0.1) is 0 Å². The van der Waals surface area contributed by atoms with Gasteiger partial charge in [-0.25, -0.2) is 0 Å². The SMILES string of the molecule is [C]#CCc1ccc(N(C)C)cc1. The molecule has 0 amide bonds. The second-order valence-corrected chi connectivity index (χ2v) is 2.91. The van der Waals surface area contributed by atoms with Gasteiger partial charge in [0.25, 0.3) is 0 Å². The highest BCUT2D eigenvalue weighted by Crippen LogP contribution is 2.11. The Hall–Kier alpha value is -1.42. The number of anilines is 1. The van der Waals surface area contributed by atoms with Crippen LogP contribution in [-0.4, -0.2) is 14.1 Å². The van der Waals surface area contributed by atoms with Crippen LogP contribution in [0.4, 0.5) is 5.69 Å². The van der Waals surface area contributed by atoms with Gasteiger partial charge >= 0.3 is 0 Å². The summed E-state index contributed by atoms with van der Waals surface area (Å²) in [7, 11) is 4.02. The maximum absolute atomic E-state index is 6.82. The van der Waals surface area contributed by atoms with Crippen LogP contribution in [0.1, 0.15) is 5.56 Å². The molecule has 1 aromatic rings. The van der Waals surface area contributed by atoms with Gasteiger partial charge in [0, 0.05) is 26.2 Å². The molecule has 0 heterocycles. The molecule has 1 aromatic carbocycles. The summed E-state index contributed by atoms with van der Waals surface area (Å²) in [6, 6.07) is 8.15. The molecule has 0 bridgehead atoms. The molecule has 1 heteroatoms. The zero-order chi connectivity index (χ0) is 8.97. The van der Waals surface area contributed by atoms with E-state index in [9.17, 15) is 0 Å². The highest BCUT2D eigenvalue weighted by atomic mass is 15.1. The number of hydrogen-bond acceptors (Lipinski definition) is 1. The topological polar surface area (TPSA) is 3.24 Å². The Balaban J connectivity index is 2.80. The Bertz CT molecular complexity index is 277. The predicted octanol–water partition coefficient (Wildman–Crippen LogP) is 1.88. The summed E-state index contributed by atoms with van der Waals surface area (Å²) in [6.45, 7) is 0. The molecule has 0 aliphatic rings. The molecule has 1 radical (unpaired) electrons. The van der Waals surface area contributed by atoms with Crippen LogP contribution in [0.15, 0.2) is 24.3 Å². The van der Waals surface area contributed by atoms with Crippen molar-refractivity contribution in [2.45, 2.75) is 6.42 Å². The third kappa shape index (κ3) is 2.03. The fourth-order valence-corrected chi connectivity index (χ4v) is 1.01. The molecule has 0 fully saturated rings. The lowest BCUT2D eigenvalue weighted by atomic mass is 10.1. The van der Waals surface area contributed by atoms with Gasteiger partial charge in [0.15, 0.2) is 0 Å². The summed E-state index contributed by atoms with van der Waals surface area (Å²) in [4.78, 5) is 2.05. The predicted molar refractivity (Wildman–Crippen MR) is 51.6 cm³/mol. The maximum Gasteiger partial charge on any atom is 0.0361 e. The van der Waals surface area contributed by atoms with E-state index in [1.54, 1.807) is 0 Å². The highest BCUT2D eigenvalue weighted by molar-refractivity contribution is 5.46. The smallest absolute Gasteiger partial charge is 0.0361 e. The highest BCUT2D eigenvalue weighted by Gasteiger charge is 1.93. The van der Waals surface area contributed by atoms with E-state index in [4.69, 9.17) is 6.42 Å². The second-order valence-electron chi connectivity index (χ2n) is 2.91. The van der Waals surface area contributed by atoms with Crippen molar-refractivity contribution in [1.29, 1.82) is 0 Å². The van der Waals surface area contributed by atoms with E-state index in [1.165, 1.54) is 5.69 Å². The van der Waals surface area contributed by atoms with Crippen molar-refractivity contribution in [3.63, 3.8) is 0 Å². The van der Waals surface area contributed by atoms with Gasteiger partial charge in [-0.15, -0.1) is 0 Å². The first kappa shape index (κ1) is 8.67. The summed E-state index contributed by atoms with van der Waals surface area (Å²) in [5, 5.41) is 0. The minimum absolute atomic E-state index is 0.605. The van der Waals surface area contributed by atoms with E-state index in [2.05, 4.69) is 10.8 Å². The van der Waals surface area contributed by atoms with Gasteiger partial charge in [0.1, 0.15) is 0 Å². The van der Waals surface area contributed by atoms with Crippen LogP contribution in [0, 0.1) is 12.3 Å². The monoisotopic (exact) mass is 158 g/mol. The average Bonchev–Trinajstić information content (AvgIpc) is 2.06. The molecular formula is C11H12N. The molecule has 0 aliphatic heterocycles. The van der Waals surface area contributed by atoms with E-state index in [0.717, 1.165) is 5.56 Å². The van der Waals surface area contributed by atoms with E-state index < -0.39 is 0 Å². The number of nitrogens with zero attached hydrogens (tertiary/aromatic N) is 1. The van der Waals surface area contributed by atoms with E-state index in [-0.39, 0.29) is 0 Å². The van der Waals surface area contributed by atoms with Crippen molar-refractivity contribution in [2.75, 3.05) is 19.0 Å². The Labute approximate surface area is 74.0 Å². The number of benzene rings is 1. The summed E-state index contributed by atoms with van der Waals surface area (Å²) in [5.74, 6) is 2.37. The molecule has 61 valence electrons. The third-order valence-corrected chi connectivity index (χ3v) is 1.75. The fourth-order valence-electron chi connectivity index (χ4n) is 1.01. The van der Waals surface area contributed by atoms with Crippen molar-refractivity contribution in [3.8, 4) is 5.92 Å². The molecule has 0 aromatic heterocycles. The fraction of sp³-hybridized carbons (Fsp3) is 0.273. The van der Waals surface area contributed by atoms with Crippen LogP contribution >= 0.6 is 0 Å². The second kappa shape index (κ2) is 3.82. The van der Waals surface area contributed by atoms with Gasteiger partial charge < -0.3 is 4.90 Å². The molecule has 0 aliphatic carbocycles. The van der Waals surface area contributed by atoms with E-state index in [1.807, 2.05) is 38.4 Å². The van der Waals surface area contributed by atoms with Crippen LogP contribution in [-0.2, 0) is 6.42 Å². The van der Waals surface area contributed by atoms with Crippen molar-refractivity contribution in [2.24, 2.45) is 0 Å². The van der Waals surface area contributed by atoms with E-state index in [0.29, 0.717) is 6.42 Å². The molecule has 0 saturated carbocycles. The normalized spacial score (nSPS) is 9.08. The molecular weight excluding hydrogens is 146 g/mol. The summed E-state index contributed by atoms with van der Waals surface area (Å²) in [6.07, 6.45) is 7.42. The first-order chi connectivity index (χ1) is 5.74. The largest absolute Gasteiger partial charge is 0.378 e. The molecule has 12 heavy (non-hydrogen) atoms. The first-order valence-electron chi connectivity index (χ1n) is 3.90. The van der Waals surface area contributed by atoms with Crippen LogP contribution in [0.5, 0.6) is 0 Å². The van der Waals surface area contributed by atoms with Gasteiger partial charge in [-0.05, 0) is 24.1 Å². The average molecular weight is 158 g/mol. The quantitative estimate of drug-likeness (QED) is 0.594. The Morgan fingerprint density at radius 2 is 1.83 bits per heavy atom. The van der Waals surface area contributed by atoms with Gasteiger partial charge in [0.2, 0.25) is 0 Å². The molecule has 0 unspecified atom stereocenters. The maximum atomic E-state index is 6.82. The standard InChI is InChI=1S/C11H12N/c1-4-5-10-6-8-11(9-7-10)12(2)3/h6-9H,5H2,2-3H3. The lowest BCUT2D eigenvalue weighted by Gasteiger charge is -2.11. The van der Waals surface area contributed by atoms with Crippen molar-refractivity contribution >= 4 is 5.69 Å². The minimum Gasteiger partial charge on any atom is -0.378 e. The van der Waals surface area contributed by atoms with Gasteiger partial charge in [-0.2, -0.15) is 0 Å². The number of hydrogen-bond donors (Lipinski definition) is 0. The van der Waals surface area contributed by atoms with Crippen LogP contribution < -0.4 is 4.90 Å². The van der Waals surface area contributed by atoms with Crippen LogP contribution in [0.3, 0.4) is 0 Å². The zero-order valence-electron chi connectivity index (χ0n) is 7.46. The lowest BCUT2D eigenvalue weighted by molar-refractivity contribution is 1.13. The minimum atomic E-state index is 0.605. The van der Waals surface area contributed by atoms with Gasteiger partial charge in [-0.1, -0.05) is 18.1 Å². The van der Waals surface area contributed by atoms with Crippen LogP contribution in [0.2, 0.25) is 0 Å². The van der Waals surface area contributed by atoms with Crippen molar-refractivity contribution < 1.29 is 0 Å². The Morgan fingerprint density at radius 3 is 2.25 bits per heavy atom. The molecule has 0 spiro atoms. The molecule has 0 N–H and O–H groups in total. The molecule has 0 atom stereocenters. The first-order valence-corrected chi connectivity index (χ1v) is 3.90. The van der Waals surface area contributed by atoms with Crippen molar-refractivity contribution in [1.82, 2.24) is 0 Å². The molecule has 0 saturated heterocycles. The molecule has 1 nitrogen and oxygen atoms in total. The number of rotatable bonds is 2. The third-order valence-electron chi connectivity index (χ3n) is 1.75. The van der Waals surface area contributed by atoms with Crippen LogP contribution in [0.25, 0.3) is 0 Å². The lowest BCUT2D eigenvalue weighted by Crippen LogP contribution is -2.08. The van der Waals surface area contributed by atoms with Gasteiger partial charge in [-0.3, -0.25) is 0 Å². The summed E-state index contributed by atoms with van der Waals surface area (Å²) in [5.41, 5.74) is 2.32.